The maximum Gasteiger partial charge on any atom is 0.312 e. The van der Waals surface area contributed by atoms with Crippen LogP contribution in [-0.2, 0) is 9.53 Å². The van der Waals surface area contributed by atoms with E-state index in [9.17, 15) is 4.79 Å². The van der Waals surface area contributed by atoms with Gasteiger partial charge < -0.3 is 10.5 Å². The predicted molar refractivity (Wildman–Crippen MR) is 96.3 cm³/mol. The third-order valence-corrected chi connectivity index (χ3v) is 5.29. The predicted octanol–water partition coefficient (Wildman–Crippen LogP) is 4.51. The number of hydrogen-bond donors (Lipinski definition) is 1. The summed E-state index contributed by atoms with van der Waals surface area (Å²) >= 11 is 0. The first-order valence-corrected chi connectivity index (χ1v) is 8.44. The summed E-state index contributed by atoms with van der Waals surface area (Å²) in [5.41, 5.74) is 6.49. The lowest BCUT2D eigenvalue weighted by atomic mass is 9.61. The van der Waals surface area contributed by atoms with Crippen LogP contribution in [0.15, 0.2) is 30.3 Å². The van der Waals surface area contributed by atoms with Gasteiger partial charge in [-0.1, -0.05) is 44.2 Å². The molecule has 0 heterocycles. The van der Waals surface area contributed by atoms with Crippen molar-refractivity contribution in [3.8, 4) is 0 Å². The maximum atomic E-state index is 12.4. The average Bonchev–Trinajstić information content (AvgIpc) is 2.44. The maximum absolute atomic E-state index is 12.4. The van der Waals surface area contributed by atoms with Crippen LogP contribution in [0.2, 0.25) is 0 Å². The van der Waals surface area contributed by atoms with Crippen molar-refractivity contribution in [3.05, 3.63) is 35.9 Å². The zero-order valence-electron chi connectivity index (χ0n) is 15.8. The lowest BCUT2D eigenvalue weighted by Gasteiger charge is -2.44. The molecular weight excluding hydrogens is 286 g/mol. The lowest BCUT2D eigenvalue weighted by Crippen LogP contribution is -2.46. The first kappa shape index (κ1) is 19.7. The van der Waals surface area contributed by atoms with Crippen molar-refractivity contribution >= 4 is 5.97 Å². The van der Waals surface area contributed by atoms with Crippen LogP contribution in [0.4, 0.5) is 0 Å². The Kier molecular flexibility index (Phi) is 6.03. The van der Waals surface area contributed by atoms with E-state index in [4.69, 9.17) is 10.5 Å². The van der Waals surface area contributed by atoms with E-state index in [1.54, 1.807) is 0 Å². The van der Waals surface area contributed by atoms with E-state index in [-0.39, 0.29) is 22.8 Å². The molecule has 23 heavy (non-hydrogen) atoms. The summed E-state index contributed by atoms with van der Waals surface area (Å²) in [7, 11) is 0. The van der Waals surface area contributed by atoms with Crippen molar-refractivity contribution in [2.45, 2.75) is 66.3 Å². The minimum absolute atomic E-state index is 0.147. The second-order valence-corrected chi connectivity index (χ2v) is 8.22. The number of carbonyl (C=O) groups is 1. The Morgan fingerprint density at radius 2 is 1.61 bits per heavy atom. The molecule has 0 fully saturated rings. The van der Waals surface area contributed by atoms with Crippen LogP contribution in [0.3, 0.4) is 0 Å². The fraction of sp³-hybridized carbons (Fsp3) is 0.650. The summed E-state index contributed by atoms with van der Waals surface area (Å²) in [6, 6.07) is 10.3. The van der Waals surface area contributed by atoms with Gasteiger partial charge in [-0.2, -0.15) is 0 Å². The molecule has 0 aliphatic heterocycles. The molecule has 0 aliphatic carbocycles. The van der Waals surface area contributed by atoms with Crippen molar-refractivity contribution < 1.29 is 9.53 Å². The van der Waals surface area contributed by atoms with Crippen LogP contribution in [0.1, 0.15) is 66.4 Å². The van der Waals surface area contributed by atoms with E-state index in [1.807, 2.05) is 39.0 Å². The van der Waals surface area contributed by atoms with Gasteiger partial charge in [0.1, 0.15) is 0 Å². The number of carbonyl (C=O) groups excluding carboxylic acids is 1. The van der Waals surface area contributed by atoms with Gasteiger partial charge in [0, 0.05) is 11.5 Å². The van der Waals surface area contributed by atoms with E-state index in [1.165, 1.54) is 5.56 Å². The third kappa shape index (κ3) is 4.57. The number of hydrogen-bond acceptors (Lipinski definition) is 3. The van der Waals surface area contributed by atoms with E-state index in [0.29, 0.717) is 6.61 Å². The monoisotopic (exact) mass is 319 g/mol. The van der Waals surface area contributed by atoms with Gasteiger partial charge >= 0.3 is 5.97 Å². The average molecular weight is 319 g/mol. The van der Waals surface area contributed by atoms with Crippen LogP contribution >= 0.6 is 0 Å². The molecule has 0 saturated carbocycles. The molecule has 1 aromatic carbocycles. The molecule has 0 saturated heterocycles. The largest absolute Gasteiger partial charge is 0.466 e. The standard InChI is InChI=1S/C20H33NO2/c1-8-23-17(22)19(4,5)18(2,3)14-16(20(6,7)21)15-12-10-9-11-13-15/h9-13,16H,8,14,21H2,1-7H3. The van der Waals surface area contributed by atoms with Crippen molar-refractivity contribution in [1.82, 2.24) is 0 Å². The molecule has 0 bridgehead atoms. The summed E-state index contributed by atoms with van der Waals surface area (Å²) in [5, 5.41) is 0. The number of rotatable bonds is 7. The zero-order valence-corrected chi connectivity index (χ0v) is 15.8. The molecule has 1 aromatic rings. The third-order valence-electron chi connectivity index (χ3n) is 5.29. The van der Waals surface area contributed by atoms with Gasteiger partial charge in [0.2, 0.25) is 0 Å². The highest BCUT2D eigenvalue weighted by Crippen LogP contribution is 2.48. The smallest absolute Gasteiger partial charge is 0.312 e. The second kappa shape index (κ2) is 7.04. The summed E-state index contributed by atoms with van der Waals surface area (Å²) in [6.07, 6.45) is 0.812. The number of benzene rings is 1. The summed E-state index contributed by atoms with van der Waals surface area (Å²) < 4.78 is 5.30. The Labute approximate surface area is 141 Å². The topological polar surface area (TPSA) is 52.3 Å². The van der Waals surface area contributed by atoms with Crippen molar-refractivity contribution in [2.24, 2.45) is 16.6 Å². The summed E-state index contributed by atoms with van der Waals surface area (Å²) in [4.78, 5) is 12.4. The summed E-state index contributed by atoms with van der Waals surface area (Å²) in [5.74, 6) is 0.0130. The van der Waals surface area contributed by atoms with E-state index >= 15 is 0 Å². The highest BCUT2D eigenvalue weighted by atomic mass is 16.5. The molecular formula is C20H33NO2. The first-order chi connectivity index (χ1) is 10.4. The Bertz CT molecular complexity index is 512. The van der Waals surface area contributed by atoms with Gasteiger partial charge in [-0.05, 0) is 52.0 Å². The van der Waals surface area contributed by atoms with Crippen LogP contribution in [0.5, 0.6) is 0 Å². The van der Waals surface area contributed by atoms with Crippen molar-refractivity contribution in [2.75, 3.05) is 6.61 Å². The van der Waals surface area contributed by atoms with Crippen LogP contribution in [0.25, 0.3) is 0 Å². The molecule has 0 radical (unpaired) electrons. The van der Waals surface area contributed by atoms with Gasteiger partial charge in [0.25, 0.3) is 0 Å². The van der Waals surface area contributed by atoms with Gasteiger partial charge in [0.05, 0.1) is 12.0 Å². The lowest BCUT2D eigenvalue weighted by molar-refractivity contribution is -0.161. The van der Waals surface area contributed by atoms with Gasteiger partial charge in [0.15, 0.2) is 0 Å². The van der Waals surface area contributed by atoms with Crippen molar-refractivity contribution in [3.63, 3.8) is 0 Å². The zero-order chi connectivity index (χ0) is 17.9. The minimum atomic E-state index is -0.582. The molecule has 1 atom stereocenters. The van der Waals surface area contributed by atoms with Crippen molar-refractivity contribution in [1.29, 1.82) is 0 Å². The Morgan fingerprint density at radius 3 is 2.04 bits per heavy atom. The van der Waals surface area contributed by atoms with E-state index < -0.39 is 5.41 Å². The molecule has 0 spiro atoms. The molecule has 2 N–H and O–H groups in total. The molecule has 0 amide bonds. The minimum Gasteiger partial charge on any atom is -0.466 e. The SMILES string of the molecule is CCOC(=O)C(C)(C)C(C)(C)CC(c1ccccc1)C(C)(C)N. The highest BCUT2D eigenvalue weighted by Gasteiger charge is 2.47. The Balaban J connectivity index is 3.14. The molecule has 0 aromatic heterocycles. The highest BCUT2D eigenvalue weighted by molar-refractivity contribution is 5.77. The Hall–Kier alpha value is -1.35. The van der Waals surface area contributed by atoms with Crippen LogP contribution < -0.4 is 5.73 Å². The fourth-order valence-electron chi connectivity index (χ4n) is 2.85. The van der Waals surface area contributed by atoms with Crippen LogP contribution in [-0.4, -0.2) is 18.1 Å². The first-order valence-electron chi connectivity index (χ1n) is 8.44. The molecule has 1 unspecified atom stereocenters. The van der Waals surface area contributed by atoms with E-state index in [0.717, 1.165) is 6.42 Å². The molecule has 0 aliphatic rings. The van der Waals surface area contributed by atoms with Gasteiger partial charge in [-0.15, -0.1) is 0 Å². The molecule has 1 rings (SSSR count). The van der Waals surface area contributed by atoms with Crippen LogP contribution in [0, 0.1) is 10.8 Å². The number of ether oxygens (including phenoxy) is 1. The number of nitrogens with two attached hydrogens (primary N) is 1. The van der Waals surface area contributed by atoms with Gasteiger partial charge in [-0.3, -0.25) is 4.79 Å². The molecule has 3 heteroatoms. The normalized spacial score (nSPS) is 14.4. The fourth-order valence-corrected chi connectivity index (χ4v) is 2.85. The van der Waals surface area contributed by atoms with Gasteiger partial charge in [-0.25, -0.2) is 0 Å². The molecule has 130 valence electrons. The Morgan fingerprint density at radius 1 is 1.09 bits per heavy atom. The molecule has 3 nitrogen and oxygen atoms in total. The van der Waals surface area contributed by atoms with E-state index in [2.05, 4.69) is 39.8 Å². The number of esters is 1. The second-order valence-electron chi connectivity index (χ2n) is 8.22. The quantitative estimate of drug-likeness (QED) is 0.752. The summed E-state index contributed by atoms with van der Waals surface area (Å²) in [6.45, 7) is 14.6.